The number of benzene rings is 1. The molecule has 1 aromatic rings. The van der Waals surface area contributed by atoms with Crippen LogP contribution in [0.3, 0.4) is 0 Å². The van der Waals surface area contributed by atoms with Gasteiger partial charge in [0.05, 0.1) is 6.04 Å². The minimum atomic E-state index is 0.427. The molecule has 1 aliphatic carbocycles. The second-order valence-electron chi connectivity index (χ2n) is 4.33. The Morgan fingerprint density at radius 3 is 2.94 bits per heavy atom. The first-order chi connectivity index (χ1) is 7.93. The average Bonchev–Trinajstić information content (AvgIpc) is 2.29. The topological polar surface area (TPSA) is 12.0 Å². The summed E-state index contributed by atoms with van der Waals surface area (Å²) in [4.78, 5) is 0. The van der Waals surface area contributed by atoms with Gasteiger partial charge in [-0.1, -0.05) is 54.7 Å². The molecule has 1 N–H and O–H groups in total. The zero-order valence-corrected chi connectivity index (χ0v) is 9.14. The van der Waals surface area contributed by atoms with Crippen LogP contribution in [0.4, 0.5) is 5.69 Å². The van der Waals surface area contributed by atoms with Crippen LogP contribution < -0.4 is 5.32 Å². The van der Waals surface area contributed by atoms with Gasteiger partial charge in [-0.2, -0.15) is 0 Å². The smallest absolute Gasteiger partial charge is 0.0513 e. The Morgan fingerprint density at radius 2 is 1.94 bits per heavy atom. The first-order valence-corrected chi connectivity index (χ1v) is 5.80. The highest BCUT2D eigenvalue weighted by Gasteiger charge is 2.19. The van der Waals surface area contributed by atoms with E-state index >= 15 is 0 Å². The first kappa shape index (κ1) is 9.46. The second-order valence-corrected chi connectivity index (χ2v) is 4.33. The maximum atomic E-state index is 3.61. The normalized spacial score (nSPS) is 28.2. The Hall–Kier alpha value is -1.76. The summed E-state index contributed by atoms with van der Waals surface area (Å²) in [5, 5.41) is 3.61. The van der Waals surface area contributed by atoms with Crippen LogP contribution >= 0.6 is 0 Å². The third-order valence-electron chi connectivity index (χ3n) is 3.24. The first-order valence-electron chi connectivity index (χ1n) is 5.80. The van der Waals surface area contributed by atoms with Gasteiger partial charge in [0.1, 0.15) is 0 Å². The fourth-order valence-corrected chi connectivity index (χ4v) is 2.34. The van der Waals surface area contributed by atoms with Gasteiger partial charge in [-0.05, 0) is 18.1 Å². The van der Waals surface area contributed by atoms with Gasteiger partial charge in [-0.3, -0.25) is 0 Å². The molecule has 0 saturated heterocycles. The molecule has 1 heteroatoms. The van der Waals surface area contributed by atoms with Crippen LogP contribution in [-0.4, -0.2) is 6.04 Å². The molecular weight excluding hydrogens is 194 g/mol. The van der Waals surface area contributed by atoms with E-state index in [0.29, 0.717) is 12.0 Å². The number of anilines is 1. The summed E-state index contributed by atoms with van der Waals surface area (Å²) in [6, 6.07) is 8.89. The number of fused-ring (bicyclic) bond motifs is 2. The Morgan fingerprint density at radius 1 is 1.06 bits per heavy atom. The molecular formula is C15H15N. The van der Waals surface area contributed by atoms with Crippen molar-refractivity contribution in [3.8, 4) is 0 Å². The lowest BCUT2D eigenvalue weighted by molar-refractivity contribution is 0.607. The summed E-state index contributed by atoms with van der Waals surface area (Å²) in [5.41, 5.74) is 2.51. The largest absolute Gasteiger partial charge is 0.378 e. The predicted octanol–water partition coefficient (Wildman–Crippen LogP) is 3.63. The number of allylic oxidation sites excluding steroid dienone is 3. The Labute approximate surface area is 96.2 Å². The number of rotatable bonds is 0. The standard InChI is InChI=1S/C15H15N/c1-3-10-14-12(6-1)8-5-9-13-7-2-4-11-15(13)16-14/h1-8,10-11,13,15-16H,9H2/b8-5+. The van der Waals surface area contributed by atoms with Crippen LogP contribution in [-0.2, 0) is 0 Å². The zero-order valence-electron chi connectivity index (χ0n) is 9.14. The summed E-state index contributed by atoms with van der Waals surface area (Å²) in [6.45, 7) is 0. The van der Waals surface area contributed by atoms with Crippen LogP contribution in [0.2, 0.25) is 0 Å². The Balaban J connectivity index is 1.98. The van der Waals surface area contributed by atoms with E-state index in [2.05, 4.69) is 66.0 Å². The molecule has 0 radical (unpaired) electrons. The van der Waals surface area contributed by atoms with Gasteiger partial charge < -0.3 is 5.32 Å². The SMILES string of the molecule is C1=CC2C/C=C/c3ccccc3NC2C=C1. The molecule has 0 spiro atoms. The molecule has 0 bridgehead atoms. The monoisotopic (exact) mass is 209 g/mol. The number of nitrogens with one attached hydrogen (secondary N) is 1. The quantitative estimate of drug-likeness (QED) is 0.688. The number of para-hydroxylation sites is 1. The van der Waals surface area contributed by atoms with Crippen LogP contribution in [0.15, 0.2) is 54.6 Å². The van der Waals surface area contributed by atoms with Crippen LogP contribution in [0.1, 0.15) is 12.0 Å². The fraction of sp³-hybridized carbons (Fsp3) is 0.200. The summed E-state index contributed by atoms with van der Waals surface area (Å²) < 4.78 is 0. The molecule has 0 aromatic heterocycles. The van der Waals surface area contributed by atoms with E-state index in [-0.39, 0.29) is 0 Å². The number of hydrogen-bond donors (Lipinski definition) is 1. The fourth-order valence-electron chi connectivity index (χ4n) is 2.34. The summed E-state index contributed by atoms with van der Waals surface area (Å²) in [6.07, 6.45) is 14.4. The molecule has 3 rings (SSSR count). The highest BCUT2D eigenvalue weighted by molar-refractivity contribution is 5.67. The van der Waals surface area contributed by atoms with Crippen molar-refractivity contribution in [3.05, 3.63) is 60.2 Å². The minimum Gasteiger partial charge on any atom is -0.378 e. The van der Waals surface area contributed by atoms with Crippen molar-refractivity contribution in [2.24, 2.45) is 5.92 Å². The van der Waals surface area contributed by atoms with Crippen molar-refractivity contribution < 1.29 is 0 Å². The Kier molecular flexibility index (Phi) is 2.37. The molecule has 1 nitrogen and oxygen atoms in total. The Bertz CT molecular complexity index is 468. The van der Waals surface area contributed by atoms with Crippen molar-refractivity contribution in [2.75, 3.05) is 5.32 Å². The highest BCUT2D eigenvalue weighted by Crippen LogP contribution is 2.27. The van der Waals surface area contributed by atoms with Crippen molar-refractivity contribution >= 4 is 11.8 Å². The highest BCUT2D eigenvalue weighted by atomic mass is 14.9. The molecule has 2 unspecified atom stereocenters. The molecule has 80 valence electrons. The summed E-state index contributed by atoms with van der Waals surface area (Å²) in [5.74, 6) is 0.578. The van der Waals surface area contributed by atoms with E-state index in [0.717, 1.165) is 6.42 Å². The van der Waals surface area contributed by atoms with Gasteiger partial charge >= 0.3 is 0 Å². The van der Waals surface area contributed by atoms with Gasteiger partial charge in [0.15, 0.2) is 0 Å². The van der Waals surface area contributed by atoms with Gasteiger partial charge in [-0.15, -0.1) is 0 Å². The molecule has 1 aromatic carbocycles. The van der Waals surface area contributed by atoms with Crippen LogP contribution in [0.5, 0.6) is 0 Å². The third kappa shape index (κ3) is 1.69. The van der Waals surface area contributed by atoms with Crippen molar-refractivity contribution in [1.82, 2.24) is 0 Å². The van der Waals surface area contributed by atoms with E-state index in [1.165, 1.54) is 11.3 Å². The van der Waals surface area contributed by atoms with E-state index in [4.69, 9.17) is 0 Å². The van der Waals surface area contributed by atoms with Crippen molar-refractivity contribution in [3.63, 3.8) is 0 Å². The lowest BCUT2D eigenvalue weighted by Crippen LogP contribution is -2.27. The summed E-state index contributed by atoms with van der Waals surface area (Å²) >= 11 is 0. The van der Waals surface area contributed by atoms with E-state index in [1.807, 2.05) is 0 Å². The number of hydrogen-bond acceptors (Lipinski definition) is 1. The van der Waals surface area contributed by atoms with Gasteiger partial charge in [0.2, 0.25) is 0 Å². The maximum absolute atomic E-state index is 3.61. The maximum Gasteiger partial charge on any atom is 0.0513 e. The average molecular weight is 209 g/mol. The molecule has 2 aliphatic rings. The van der Waals surface area contributed by atoms with E-state index < -0.39 is 0 Å². The van der Waals surface area contributed by atoms with Gasteiger partial charge in [0, 0.05) is 11.6 Å². The van der Waals surface area contributed by atoms with E-state index in [9.17, 15) is 0 Å². The van der Waals surface area contributed by atoms with Gasteiger partial charge in [0.25, 0.3) is 0 Å². The molecule has 0 amide bonds. The molecule has 1 aliphatic heterocycles. The zero-order chi connectivity index (χ0) is 10.8. The molecule has 0 fully saturated rings. The van der Waals surface area contributed by atoms with Crippen molar-refractivity contribution in [2.45, 2.75) is 12.5 Å². The second kappa shape index (κ2) is 4.01. The third-order valence-corrected chi connectivity index (χ3v) is 3.24. The molecule has 0 saturated carbocycles. The van der Waals surface area contributed by atoms with Crippen LogP contribution in [0.25, 0.3) is 6.08 Å². The van der Waals surface area contributed by atoms with Crippen molar-refractivity contribution in [1.29, 1.82) is 0 Å². The molecule has 16 heavy (non-hydrogen) atoms. The minimum absolute atomic E-state index is 0.427. The lowest BCUT2D eigenvalue weighted by atomic mass is 9.90. The lowest BCUT2D eigenvalue weighted by Gasteiger charge is -2.27. The molecule has 2 atom stereocenters. The molecule has 1 heterocycles. The van der Waals surface area contributed by atoms with E-state index in [1.54, 1.807) is 0 Å². The van der Waals surface area contributed by atoms with Gasteiger partial charge in [-0.25, -0.2) is 0 Å². The predicted molar refractivity (Wildman–Crippen MR) is 69.3 cm³/mol. The van der Waals surface area contributed by atoms with Crippen LogP contribution in [0, 0.1) is 5.92 Å². The summed E-state index contributed by atoms with van der Waals surface area (Å²) in [7, 11) is 0.